The fourth-order valence-electron chi connectivity index (χ4n) is 1.11. The van der Waals surface area contributed by atoms with E-state index < -0.39 is 0 Å². The molecule has 0 unspecified atom stereocenters. The van der Waals surface area contributed by atoms with E-state index in [2.05, 4.69) is 5.32 Å². The molecule has 0 aliphatic heterocycles. The van der Waals surface area contributed by atoms with Crippen LogP contribution in [-0.2, 0) is 4.79 Å². The molecule has 71 valence electrons. The standard InChI is InChI=1S/C11H10NO2/c1-12-11(14)10-7-3-2-5-9(10)6-4-8-13/h2-7H,1H3,(H,12,14)/b6-4+. The second-order valence-electron chi connectivity index (χ2n) is 2.62. The summed E-state index contributed by atoms with van der Waals surface area (Å²) in [6.45, 7) is 0. The van der Waals surface area contributed by atoms with Crippen molar-refractivity contribution in [2.24, 2.45) is 0 Å². The van der Waals surface area contributed by atoms with Gasteiger partial charge in [0.1, 0.15) is 0 Å². The summed E-state index contributed by atoms with van der Waals surface area (Å²) in [5.41, 5.74) is 1.25. The Morgan fingerprint density at radius 3 is 2.79 bits per heavy atom. The van der Waals surface area contributed by atoms with Crippen LogP contribution in [0.15, 0.2) is 30.3 Å². The topological polar surface area (TPSA) is 46.2 Å². The molecule has 1 N–H and O–H groups in total. The molecule has 0 bridgehead atoms. The zero-order valence-corrected chi connectivity index (χ0v) is 7.78. The first-order chi connectivity index (χ1) is 6.79. The molecule has 1 amide bonds. The van der Waals surface area contributed by atoms with Gasteiger partial charge in [-0.3, -0.25) is 9.59 Å². The smallest absolute Gasteiger partial charge is 0.251 e. The van der Waals surface area contributed by atoms with Gasteiger partial charge in [0.2, 0.25) is 6.29 Å². The Morgan fingerprint density at radius 1 is 1.43 bits per heavy atom. The summed E-state index contributed by atoms with van der Waals surface area (Å²) in [5, 5.41) is 2.53. The van der Waals surface area contributed by atoms with Gasteiger partial charge in [0, 0.05) is 12.6 Å². The van der Waals surface area contributed by atoms with E-state index in [4.69, 9.17) is 0 Å². The maximum absolute atomic E-state index is 11.4. The lowest BCUT2D eigenvalue weighted by Gasteiger charge is -2.02. The number of carbonyl (C=O) groups is 1. The van der Waals surface area contributed by atoms with Crippen molar-refractivity contribution in [3.8, 4) is 0 Å². The van der Waals surface area contributed by atoms with Gasteiger partial charge in [0.05, 0.1) is 0 Å². The highest BCUT2D eigenvalue weighted by atomic mass is 16.1. The van der Waals surface area contributed by atoms with Crippen molar-refractivity contribution in [3.63, 3.8) is 0 Å². The van der Waals surface area contributed by atoms with Crippen LogP contribution in [0.4, 0.5) is 0 Å². The molecule has 0 aromatic heterocycles. The van der Waals surface area contributed by atoms with Gasteiger partial charge in [-0.2, -0.15) is 0 Å². The minimum Gasteiger partial charge on any atom is -0.355 e. The van der Waals surface area contributed by atoms with Gasteiger partial charge in [-0.1, -0.05) is 24.3 Å². The highest BCUT2D eigenvalue weighted by molar-refractivity contribution is 5.98. The highest BCUT2D eigenvalue weighted by Crippen LogP contribution is 2.09. The lowest BCUT2D eigenvalue weighted by atomic mass is 10.1. The van der Waals surface area contributed by atoms with Crippen molar-refractivity contribution in [1.82, 2.24) is 5.32 Å². The van der Waals surface area contributed by atoms with Crippen molar-refractivity contribution >= 4 is 18.3 Å². The molecular formula is C11H10NO2. The first-order valence-electron chi connectivity index (χ1n) is 4.15. The monoisotopic (exact) mass is 188 g/mol. The van der Waals surface area contributed by atoms with E-state index in [1.807, 2.05) is 0 Å². The largest absolute Gasteiger partial charge is 0.355 e. The minimum atomic E-state index is -0.170. The second-order valence-corrected chi connectivity index (χ2v) is 2.62. The fraction of sp³-hybridized carbons (Fsp3) is 0.0909. The zero-order chi connectivity index (χ0) is 10.4. The van der Waals surface area contributed by atoms with Crippen LogP contribution < -0.4 is 5.32 Å². The third-order valence-corrected chi connectivity index (χ3v) is 1.76. The van der Waals surface area contributed by atoms with E-state index in [1.54, 1.807) is 43.7 Å². The first-order valence-corrected chi connectivity index (χ1v) is 4.15. The number of hydrogen-bond donors (Lipinski definition) is 1. The van der Waals surface area contributed by atoms with Crippen LogP contribution in [0, 0.1) is 0 Å². The Morgan fingerprint density at radius 2 is 2.14 bits per heavy atom. The van der Waals surface area contributed by atoms with Crippen LogP contribution in [0.2, 0.25) is 0 Å². The van der Waals surface area contributed by atoms with Crippen LogP contribution in [0.1, 0.15) is 15.9 Å². The number of hydrogen-bond acceptors (Lipinski definition) is 2. The Balaban J connectivity index is 3.08. The molecule has 0 aliphatic carbocycles. The SMILES string of the molecule is CNC(=O)c1ccccc1/C=C/[C]=O. The average Bonchev–Trinajstić information content (AvgIpc) is 2.25. The van der Waals surface area contributed by atoms with Crippen molar-refractivity contribution < 1.29 is 9.59 Å². The predicted molar refractivity (Wildman–Crippen MR) is 54.6 cm³/mol. The number of carbonyl (C=O) groups excluding carboxylic acids is 2. The molecule has 0 aliphatic rings. The van der Waals surface area contributed by atoms with E-state index in [1.165, 1.54) is 6.08 Å². The van der Waals surface area contributed by atoms with Crippen LogP contribution in [0.3, 0.4) is 0 Å². The van der Waals surface area contributed by atoms with E-state index in [9.17, 15) is 9.59 Å². The molecule has 1 aromatic carbocycles. The third kappa shape index (κ3) is 2.29. The summed E-state index contributed by atoms with van der Waals surface area (Å²) >= 11 is 0. The fourth-order valence-corrected chi connectivity index (χ4v) is 1.11. The lowest BCUT2D eigenvalue weighted by molar-refractivity contribution is 0.0963. The molecule has 3 nitrogen and oxygen atoms in total. The lowest BCUT2D eigenvalue weighted by Crippen LogP contribution is -2.18. The average molecular weight is 188 g/mol. The highest BCUT2D eigenvalue weighted by Gasteiger charge is 2.05. The third-order valence-electron chi connectivity index (χ3n) is 1.76. The van der Waals surface area contributed by atoms with Gasteiger partial charge in [-0.25, -0.2) is 0 Å². The number of rotatable bonds is 3. The van der Waals surface area contributed by atoms with Crippen LogP contribution in [0.5, 0.6) is 0 Å². The summed E-state index contributed by atoms with van der Waals surface area (Å²) in [5.74, 6) is -0.170. The van der Waals surface area contributed by atoms with Crippen molar-refractivity contribution in [3.05, 3.63) is 41.5 Å². The first kappa shape index (κ1) is 10.2. The van der Waals surface area contributed by atoms with Gasteiger partial charge in [-0.15, -0.1) is 0 Å². The maximum Gasteiger partial charge on any atom is 0.251 e. The van der Waals surface area contributed by atoms with Gasteiger partial charge in [-0.05, 0) is 17.7 Å². The van der Waals surface area contributed by atoms with E-state index in [0.717, 1.165) is 0 Å². The van der Waals surface area contributed by atoms with Gasteiger partial charge in [0.25, 0.3) is 5.91 Å². The summed E-state index contributed by atoms with van der Waals surface area (Å²) in [4.78, 5) is 21.4. The molecular weight excluding hydrogens is 178 g/mol. The zero-order valence-electron chi connectivity index (χ0n) is 7.78. The maximum atomic E-state index is 11.4. The van der Waals surface area contributed by atoms with Crippen molar-refractivity contribution in [1.29, 1.82) is 0 Å². The molecule has 1 radical (unpaired) electrons. The Labute approximate surface area is 82.4 Å². The molecule has 0 spiro atoms. The summed E-state index contributed by atoms with van der Waals surface area (Å²) in [6.07, 6.45) is 4.43. The Hall–Kier alpha value is -1.90. The van der Waals surface area contributed by atoms with E-state index in [-0.39, 0.29) is 5.91 Å². The van der Waals surface area contributed by atoms with Gasteiger partial charge in [0.15, 0.2) is 0 Å². The normalized spacial score (nSPS) is 10.1. The molecule has 0 saturated heterocycles. The molecule has 3 heteroatoms. The molecule has 0 saturated carbocycles. The van der Waals surface area contributed by atoms with Crippen LogP contribution >= 0.6 is 0 Å². The van der Waals surface area contributed by atoms with Crippen LogP contribution in [0.25, 0.3) is 6.08 Å². The summed E-state index contributed by atoms with van der Waals surface area (Å²) < 4.78 is 0. The Bertz CT molecular complexity index is 369. The molecule has 1 aromatic rings. The predicted octanol–water partition coefficient (Wildman–Crippen LogP) is 1.17. The number of benzene rings is 1. The minimum absolute atomic E-state index is 0.170. The number of nitrogens with one attached hydrogen (secondary N) is 1. The molecule has 1 rings (SSSR count). The van der Waals surface area contributed by atoms with E-state index in [0.29, 0.717) is 11.1 Å². The van der Waals surface area contributed by atoms with E-state index >= 15 is 0 Å². The molecule has 0 heterocycles. The second kappa shape index (κ2) is 4.97. The quantitative estimate of drug-likeness (QED) is 0.724. The van der Waals surface area contributed by atoms with Crippen molar-refractivity contribution in [2.75, 3.05) is 7.05 Å². The van der Waals surface area contributed by atoms with Crippen LogP contribution in [-0.4, -0.2) is 19.2 Å². The summed E-state index contributed by atoms with van der Waals surface area (Å²) in [7, 11) is 1.56. The van der Waals surface area contributed by atoms with Crippen molar-refractivity contribution in [2.45, 2.75) is 0 Å². The molecule has 14 heavy (non-hydrogen) atoms. The van der Waals surface area contributed by atoms with Gasteiger partial charge < -0.3 is 5.32 Å². The number of allylic oxidation sites excluding steroid dienone is 1. The molecule has 0 atom stereocenters. The molecule has 0 fully saturated rings. The van der Waals surface area contributed by atoms with Gasteiger partial charge >= 0.3 is 0 Å². The Kier molecular flexibility index (Phi) is 3.61. The summed E-state index contributed by atoms with van der Waals surface area (Å²) in [6, 6.07) is 7.03. The number of amides is 1.